The van der Waals surface area contributed by atoms with Crippen LogP contribution in [-0.2, 0) is 11.3 Å². The predicted octanol–water partition coefficient (Wildman–Crippen LogP) is 2.37. The number of carbonyl (C=O) groups excluding carboxylic acids is 1. The Bertz CT molecular complexity index is 778. The molecule has 29 heavy (non-hydrogen) atoms. The smallest absolute Gasteiger partial charge is 0.223 e. The Balaban J connectivity index is 1.35. The standard InChI is InChI=1S/C21H30N6O2/c1-29-19-7-5-18(6-8-19)25-11-13-26(14-12-25)20(28)15-21(9-3-2-4-10-21)16-27-17-22-23-24-27/h5-8,17H,2-4,9-16H2,1H3. The number of anilines is 1. The molecule has 4 rings (SSSR count). The fourth-order valence-electron chi connectivity index (χ4n) is 4.73. The van der Waals surface area contributed by atoms with Crippen LogP contribution in [0.1, 0.15) is 38.5 Å². The third kappa shape index (κ3) is 4.68. The summed E-state index contributed by atoms with van der Waals surface area (Å²) in [5.41, 5.74) is 1.16. The second-order valence-electron chi connectivity index (χ2n) is 8.31. The molecule has 2 aliphatic rings. The van der Waals surface area contributed by atoms with Gasteiger partial charge in [-0.1, -0.05) is 19.3 Å². The van der Waals surface area contributed by atoms with Crippen LogP contribution >= 0.6 is 0 Å². The second-order valence-corrected chi connectivity index (χ2v) is 8.31. The largest absolute Gasteiger partial charge is 0.497 e. The molecule has 1 amide bonds. The molecule has 8 nitrogen and oxygen atoms in total. The third-order valence-electron chi connectivity index (χ3n) is 6.40. The summed E-state index contributed by atoms with van der Waals surface area (Å²) in [6.45, 7) is 3.99. The number of piperazine rings is 1. The van der Waals surface area contributed by atoms with Crippen LogP contribution in [-0.4, -0.2) is 64.3 Å². The molecule has 1 saturated carbocycles. The van der Waals surface area contributed by atoms with Crippen molar-refractivity contribution in [2.24, 2.45) is 5.41 Å². The summed E-state index contributed by atoms with van der Waals surface area (Å²) in [6, 6.07) is 8.14. The quantitative estimate of drug-likeness (QED) is 0.744. The Morgan fingerprint density at radius 3 is 2.41 bits per heavy atom. The number of methoxy groups -OCH3 is 1. The van der Waals surface area contributed by atoms with Gasteiger partial charge in [0.2, 0.25) is 5.91 Å². The topological polar surface area (TPSA) is 76.4 Å². The molecule has 1 saturated heterocycles. The normalized spacial score (nSPS) is 19.2. The van der Waals surface area contributed by atoms with Crippen LogP contribution in [0, 0.1) is 5.41 Å². The van der Waals surface area contributed by atoms with Crippen molar-refractivity contribution in [1.29, 1.82) is 0 Å². The van der Waals surface area contributed by atoms with E-state index in [-0.39, 0.29) is 11.3 Å². The van der Waals surface area contributed by atoms with Crippen LogP contribution in [0.4, 0.5) is 5.69 Å². The average Bonchev–Trinajstić information content (AvgIpc) is 3.27. The highest BCUT2D eigenvalue weighted by Crippen LogP contribution is 2.41. The van der Waals surface area contributed by atoms with Crippen molar-refractivity contribution < 1.29 is 9.53 Å². The minimum atomic E-state index is -0.0160. The van der Waals surface area contributed by atoms with Crippen molar-refractivity contribution in [3.05, 3.63) is 30.6 Å². The zero-order chi connectivity index (χ0) is 20.1. The summed E-state index contributed by atoms with van der Waals surface area (Å²) in [5, 5.41) is 11.6. The van der Waals surface area contributed by atoms with Crippen LogP contribution in [0.25, 0.3) is 0 Å². The SMILES string of the molecule is COc1ccc(N2CCN(C(=O)CC3(Cn4cnnn4)CCCCC3)CC2)cc1. The summed E-state index contributed by atoms with van der Waals surface area (Å²) in [4.78, 5) is 17.5. The maximum Gasteiger partial charge on any atom is 0.223 e. The number of ether oxygens (including phenoxy) is 1. The molecule has 0 N–H and O–H groups in total. The van der Waals surface area contributed by atoms with Crippen LogP contribution in [0.15, 0.2) is 30.6 Å². The Morgan fingerprint density at radius 1 is 1.07 bits per heavy atom. The summed E-state index contributed by atoms with van der Waals surface area (Å²) < 4.78 is 7.03. The van der Waals surface area contributed by atoms with Crippen molar-refractivity contribution in [3.8, 4) is 5.75 Å². The highest BCUT2D eigenvalue weighted by atomic mass is 16.5. The molecule has 1 aromatic heterocycles. The van der Waals surface area contributed by atoms with E-state index in [1.54, 1.807) is 18.1 Å². The van der Waals surface area contributed by atoms with Gasteiger partial charge < -0.3 is 14.5 Å². The molecule has 1 aliphatic carbocycles. The minimum Gasteiger partial charge on any atom is -0.497 e. The molecule has 2 aromatic rings. The van der Waals surface area contributed by atoms with Crippen LogP contribution in [0.2, 0.25) is 0 Å². The van der Waals surface area contributed by atoms with Gasteiger partial charge in [-0.25, -0.2) is 4.68 Å². The van der Waals surface area contributed by atoms with Gasteiger partial charge in [-0.3, -0.25) is 4.79 Å². The summed E-state index contributed by atoms with van der Waals surface area (Å²) >= 11 is 0. The number of aromatic nitrogens is 4. The minimum absolute atomic E-state index is 0.0160. The van der Waals surface area contributed by atoms with Crippen molar-refractivity contribution >= 4 is 11.6 Å². The van der Waals surface area contributed by atoms with E-state index in [0.29, 0.717) is 6.42 Å². The van der Waals surface area contributed by atoms with Gasteiger partial charge in [-0.2, -0.15) is 0 Å². The Kier molecular flexibility index (Phi) is 5.97. The second kappa shape index (κ2) is 8.80. The maximum atomic E-state index is 13.2. The molecule has 1 aliphatic heterocycles. The molecule has 1 aromatic carbocycles. The number of hydrogen-bond donors (Lipinski definition) is 0. The lowest BCUT2D eigenvalue weighted by molar-refractivity contribution is -0.135. The number of amides is 1. The predicted molar refractivity (Wildman–Crippen MR) is 110 cm³/mol. The number of rotatable bonds is 6. The number of hydrogen-bond acceptors (Lipinski definition) is 6. The summed E-state index contributed by atoms with van der Waals surface area (Å²) in [6.07, 6.45) is 8.02. The molecule has 0 radical (unpaired) electrons. The molecular weight excluding hydrogens is 368 g/mol. The number of benzene rings is 1. The van der Waals surface area contributed by atoms with Gasteiger partial charge in [0, 0.05) is 38.3 Å². The lowest BCUT2D eigenvalue weighted by Gasteiger charge is -2.40. The fourth-order valence-corrected chi connectivity index (χ4v) is 4.73. The summed E-state index contributed by atoms with van der Waals surface area (Å²) in [7, 11) is 1.68. The third-order valence-corrected chi connectivity index (χ3v) is 6.40. The lowest BCUT2D eigenvalue weighted by Crippen LogP contribution is -2.50. The van der Waals surface area contributed by atoms with Crippen molar-refractivity contribution in [2.45, 2.75) is 45.1 Å². The first kappa shape index (κ1) is 19.7. The van der Waals surface area contributed by atoms with E-state index in [9.17, 15) is 4.79 Å². The monoisotopic (exact) mass is 398 g/mol. The molecule has 0 spiro atoms. The molecular formula is C21H30N6O2. The van der Waals surface area contributed by atoms with E-state index in [2.05, 4.69) is 32.6 Å². The first-order valence-electron chi connectivity index (χ1n) is 10.6. The molecule has 8 heteroatoms. The van der Waals surface area contributed by atoms with Crippen molar-refractivity contribution in [3.63, 3.8) is 0 Å². The molecule has 0 bridgehead atoms. The first-order valence-corrected chi connectivity index (χ1v) is 10.6. The fraction of sp³-hybridized carbons (Fsp3) is 0.619. The Morgan fingerprint density at radius 2 is 1.79 bits per heavy atom. The van der Waals surface area contributed by atoms with Gasteiger partial charge in [0.1, 0.15) is 12.1 Å². The molecule has 156 valence electrons. The molecule has 2 heterocycles. The first-order chi connectivity index (χ1) is 14.2. The van der Waals surface area contributed by atoms with Gasteiger partial charge in [0.25, 0.3) is 0 Å². The van der Waals surface area contributed by atoms with Gasteiger partial charge in [0.15, 0.2) is 0 Å². The van der Waals surface area contributed by atoms with Crippen molar-refractivity contribution in [1.82, 2.24) is 25.1 Å². The van der Waals surface area contributed by atoms with Crippen LogP contribution < -0.4 is 9.64 Å². The Hall–Kier alpha value is -2.64. The molecule has 2 fully saturated rings. The summed E-state index contributed by atoms with van der Waals surface area (Å²) in [5.74, 6) is 1.14. The van der Waals surface area contributed by atoms with Gasteiger partial charge in [0.05, 0.1) is 13.7 Å². The molecule has 0 atom stereocenters. The van der Waals surface area contributed by atoms with Crippen molar-refractivity contribution in [2.75, 3.05) is 38.2 Å². The van der Waals surface area contributed by atoms with Crippen LogP contribution in [0.3, 0.4) is 0 Å². The highest BCUT2D eigenvalue weighted by molar-refractivity contribution is 5.77. The van der Waals surface area contributed by atoms with E-state index >= 15 is 0 Å². The van der Waals surface area contributed by atoms with E-state index in [1.165, 1.54) is 24.9 Å². The van der Waals surface area contributed by atoms with Crippen LogP contribution in [0.5, 0.6) is 5.75 Å². The number of tetrazole rings is 1. The number of nitrogens with zero attached hydrogens (tertiary/aromatic N) is 6. The van der Waals surface area contributed by atoms with E-state index in [0.717, 1.165) is 51.3 Å². The van der Waals surface area contributed by atoms with E-state index < -0.39 is 0 Å². The maximum absolute atomic E-state index is 13.2. The van der Waals surface area contributed by atoms with E-state index in [4.69, 9.17) is 4.74 Å². The lowest BCUT2D eigenvalue weighted by atomic mass is 9.71. The zero-order valence-electron chi connectivity index (χ0n) is 17.2. The van der Waals surface area contributed by atoms with E-state index in [1.807, 2.05) is 17.0 Å². The van der Waals surface area contributed by atoms with Gasteiger partial charge in [-0.15, -0.1) is 5.10 Å². The van der Waals surface area contributed by atoms with Gasteiger partial charge >= 0.3 is 0 Å². The highest BCUT2D eigenvalue weighted by Gasteiger charge is 2.37. The number of carbonyl (C=O) groups is 1. The Labute approximate surface area is 171 Å². The average molecular weight is 399 g/mol. The zero-order valence-corrected chi connectivity index (χ0v) is 17.2. The van der Waals surface area contributed by atoms with Gasteiger partial charge in [-0.05, 0) is 52.9 Å². The molecule has 0 unspecified atom stereocenters.